The van der Waals surface area contributed by atoms with Crippen LogP contribution in [-0.2, 0) is 0 Å². The van der Waals surface area contributed by atoms with Crippen molar-refractivity contribution in [1.82, 2.24) is 0 Å². The predicted octanol–water partition coefficient (Wildman–Crippen LogP) is 4.14. The van der Waals surface area contributed by atoms with Gasteiger partial charge in [0.15, 0.2) is 11.5 Å². The molecule has 0 saturated heterocycles. The molecule has 0 spiro atoms. The second-order valence-corrected chi connectivity index (χ2v) is 5.26. The standard InChI is InChI=1S/C18H16N2O6/c19-15-9-13(5-7-17(15)25-21)23-11-1-2-12(4-3-11)24-14-6-8-18(26-22)16(20)10-14/h1-10,21-22H,19-20H2. The van der Waals surface area contributed by atoms with Gasteiger partial charge < -0.3 is 30.7 Å². The van der Waals surface area contributed by atoms with Gasteiger partial charge in [0.1, 0.15) is 23.0 Å². The van der Waals surface area contributed by atoms with E-state index >= 15 is 0 Å². The molecule has 3 rings (SSSR count). The molecule has 8 heteroatoms. The van der Waals surface area contributed by atoms with E-state index in [1.54, 1.807) is 36.4 Å². The van der Waals surface area contributed by atoms with Gasteiger partial charge in [-0.1, -0.05) is 0 Å². The van der Waals surface area contributed by atoms with Crippen LogP contribution in [0.15, 0.2) is 60.7 Å². The lowest BCUT2D eigenvalue weighted by molar-refractivity contribution is -0.136. The number of rotatable bonds is 6. The summed E-state index contributed by atoms with van der Waals surface area (Å²) < 4.78 is 11.4. The molecule has 0 aromatic heterocycles. The molecule has 26 heavy (non-hydrogen) atoms. The topological polar surface area (TPSA) is 129 Å². The lowest BCUT2D eigenvalue weighted by Gasteiger charge is -2.10. The van der Waals surface area contributed by atoms with Crippen molar-refractivity contribution in [3.05, 3.63) is 60.7 Å². The minimum absolute atomic E-state index is 0.151. The van der Waals surface area contributed by atoms with Gasteiger partial charge in [-0.25, -0.2) is 10.5 Å². The Kier molecular flexibility index (Phi) is 4.97. The third kappa shape index (κ3) is 3.89. The lowest BCUT2D eigenvalue weighted by Crippen LogP contribution is -1.94. The van der Waals surface area contributed by atoms with E-state index in [1.165, 1.54) is 24.3 Å². The smallest absolute Gasteiger partial charge is 0.188 e. The number of anilines is 2. The molecule has 0 atom stereocenters. The van der Waals surface area contributed by atoms with E-state index in [9.17, 15) is 0 Å². The summed E-state index contributed by atoms with van der Waals surface area (Å²) in [6.07, 6.45) is 0. The Balaban J connectivity index is 1.68. The monoisotopic (exact) mass is 356 g/mol. The fourth-order valence-corrected chi connectivity index (χ4v) is 2.19. The second-order valence-electron chi connectivity index (χ2n) is 5.26. The highest BCUT2D eigenvalue weighted by atomic mass is 17.1. The van der Waals surface area contributed by atoms with E-state index in [4.69, 9.17) is 31.5 Å². The molecule has 3 aromatic carbocycles. The number of hydrogen-bond acceptors (Lipinski definition) is 8. The largest absolute Gasteiger partial charge is 0.457 e. The van der Waals surface area contributed by atoms with E-state index in [0.717, 1.165) is 0 Å². The highest BCUT2D eigenvalue weighted by molar-refractivity contribution is 5.57. The van der Waals surface area contributed by atoms with Crippen LogP contribution in [0.4, 0.5) is 11.4 Å². The molecule has 0 unspecified atom stereocenters. The third-order valence-corrected chi connectivity index (χ3v) is 3.45. The van der Waals surface area contributed by atoms with Gasteiger partial charge in [0, 0.05) is 12.1 Å². The van der Waals surface area contributed by atoms with Crippen LogP contribution in [0, 0.1) is 0 Å². The average molecular weight is 356 g/mol. The quantitative estimate of drug-likeness (QED) is 0.294. The van der Waals surface area contributed by atoms with Crippen LogP contribution >= 0.6 is 0 Å². The molecule has 0 bridgehead atoms. The Bertz CT molecular complexity index is 824. The third-order valence-electron chi connectivity index (χ3n) is 3.45. The second kappa shape index (κ2) is 7.51. The Morgan fingerprint density at radius 3 is 1.19 bits per heavy atom. The molecule has 0 amide bonds. The van der Waals surface area contributed by atoms with E-state index in [0.29, 0.717) is 23.0 Å². The van der Waals surface area contributed by atoms with Crippen LogP contribution in [-0.4, -0.2) is 10.5 Å². The van der Waals surface area contributed by atoms with Crippen molar-refractivity contribution in [2.75, 3.05) is 11.5 Å². The van der Waals surface area contributed by atoms with Crippen LogP contribution < -0.4 is 30.7 Å². The number of hydrogen-bond donors (Lipinski definition) is 4. The van der Waals surface area contributed by atoms with Crippen molar-refractivity contribution in [2.24, 2.45) is 0 Å². The van der Waals surface area contributed by atoms with Crippen molar-refractivity contribution in [3.8, 4) is 34.5 Å². The molecule has 134 valence electrons. The maximum absolute atomic E-state index is 8.64. The van der Waals surface area contributed by atoms with Crippen LogP contribution in [0.25, 0.3) is 0 Å². The molecule has 0 aliphatic rings. The highest BCUT2D eigenvalue weighted by Crippen LogP contribution is 2.32. The number of benzene rings is 3. The molecule has 0 aliphatic heterocycles. The maximum atomic E-state index is 8.64. The zero-order valence-corrected chi connectivity index (χ0v) is 13.5. The summed E-state index contributed by atoms with van der Waals surface area (Å²) in [5.74, 6) is 2.42. The van der Waals surface area contributed by atoms with Gasteiger partial charge in [-0.15, -0.1) is 0 Å². The van der Waals surface area contributed by atoms with E-state index in [2.05, 4.69) is 9.78 Å². The Morgan fingerprint density at radius 1 is 0.538 bits per heavy atom. The molecular formula is C18H16N2O6. The van der Waals surface area contributed by atoms with Gasteiger partial charge in [0.2, 0.25) is 0 Å². The summed E-state index contributed by atoms with van der Waals surface area (Å²) in [5.41, 5.74) is 11.9. The fraction of sp³-hybridized carbons (Fsp3) is 0. The lowest BCUT2D eigenvalue weighted by atomic mass is 10.2. The van der Waals surface area contributed by atoms with E-state index in [1.807, 2.05) is 0 Å². The first-order valence-electron chi connectivity index (χ1n) is 7.46. The van der Waals surface area contributed by atoms with Gasteiger partial charge in [0.25, 0.3) is 0 Å². The molecule has 0 radical (unpaired) electrons. The van der Waals surface area contributed by atoms with Gasteiger partial charge in [-0.2, -0.15) is 0 Å². The summed E-state index contributed by atoms with van der Waals surface area (Å²) in [6, 6.07) is 16.1. The van der Waals surface area contributed by atoms with Gasteiger partial charge in [0.05, 0.1) is 11.4 Å². The number of nitrogens with two attached hydrogens (primary N) is 2. The zero-order valence-electron chi connectivity index (χ0n) is 13.5. The first-order chi connectivity index (χ1) is 12.6. The first kappa shape index (κ1) is 17.2. The summed E-state index contributed by atoms with van der Waals surface area (Å²) in [5, 5.41) is 17.3. The molecule has 0 fully saturated rings. The zero-order chi connectivity index (χ0) is 18.5. The van der Waals surface area contributed by atoms with Crippen molar-refractivity contribution >= 4 is 11.4 Å². The SMILES string of the molecule is Nc1cc(Oc2ccc(Oc3ccc(OO)c(N)c3)cc2)ccc1OO. The fourth-order valence-electron chi connectivity index (χ4n) is 2.19. The molecule has 0 heterocycles. The Hall–Kier alpha value is -3.62. The van der Waals surface area contributed by atoms with Gasteiger partial charge >= 0.3 is 0 Å². The summed E-state index contributed by atoms with van der Waals surface area (Å²) in [4.78, 5) is 8.24. The van der Waals surface area contributed by atoms with Gasteiger partial charge in [-0.05, 0) is 48.5 Å². The molecule has 6 N–H and O–H groups in total. The minimum atomic E-state index is 0.151. The van der Waals surface area contributed by atoms with Crippen molar-refractivity contribution in [3.63, 3.8) is 0 Å². The highest BCUT2D eigenvalue weighted by Gasteiger charge is 2.06. The summed E-state index contributed by atoms with van der Waals surface area (Å²) in [6.45, 7) is 0. The maximum Gasteiger partial charge on any atom is 0.188 e. The minimum Gasteiger partial charge on any atom is -0.457 e. The molecule has 0 aliphatic carbocycles. The normalized spacial score (nSPS) is 10.2. The first-order valence-corrected chi connectivity index (χ1v) is 7.46. The summed E-state index contributed by atoms with van der Waals surface area (Å²) >= 11 is 0. The Labute approximate surface area is 148 Å². The van der Waals surface area contributed by atoms with Crippen LogP contribution in [0.2, 0.25) is 0 Å². The number of nitrogen functional groups attached to an aromatic ring is 2. The number of ether oxygens (including phenoxy) is 2. The van der Waals surface area contributed by atoms with Crippen molar-refractivity contribution in [2.45, 2.75) is 0 Å². The average Bonchev–Trinajstić information content (AvgIpc) is 2.64. The van der Waals surface area contributed by atoms with Crippen LogP contribution in [0.3, 0.4) is 0 Å². The van der Waals surface area contributed by atoms with E-state index in [-0.39, 0.29) is 22.9 Å². The Morgan fingerprint density at radius 2 is 0.885 bits per heavy atom. The molecular weight excluding hydrogens is 340 g/mol. The van der Waals surface area contributed by atoms with Crippen molar-refractivity contribution in [1.29, 1.82) is 0 Å². The van der Waals surface area contributed by atoms with Gasteiger partial charge in [-0.3, -0.25) is 0 Å². The van der Waals surface area contributed by atoms with Crippen LogP contribution in [0.5, 0.6) is 34.5 Å². The summed E-state index contributed by atoms with van der Waals surface area (Å²) in [7, 11) is 0. The predicted molar refractivity (Wildman–Crippen MR) is 94.8 cm³/mol. The van der Waals surface area contributed by atoms with Crippen LogP contribution in [0.1, 0.15) is 0 Å². The molecule has 8 nitrogen and oxygen atoms in total. The molecule has 3 aromatic rings. The van der Waals surface area contributed by atoms with E-state index < -0.39 is 0 Å². The van der Waals surface area contributed by atoms with Crippen molar-refractivity contribution < 1.29 is 29.8 Å². The molecule has 0 saturated carbocycles.